The van der Waals surface area contributed by atoms with Gasteiger partial charge in [0.15, 0.2) is 0 Å². The first-order valence-electron chi connectivity index (χ1n) is 8.14. The number of nitrogens with one attached hydrogen (secondary N) is 2. The smallest absolute Gasteiger partial charge is 0.242 e. The second-order valence-electron chi connectivity index (χ2n) is 5.31. The fourth-order valence-electron chi connectivity index (χ4n) is 2.05. The summed E-state index contributed by atoms with van der Waals surface area (Å²) in [5, 5.41) is 14.3. The zero-order valence-corrected chi connectivity index (χ0v) is 14.2. The van der Waals surface area contributed by atoms with Gasteiger partial charge in [0.25, 0.3) is 0 Å². The Bertz CT molecular complexity index is 304. The lowest BCUT2D eigenvalue weighted by molar-refractivity contribution is -0.129. The number of carbonyl (C=O) groups excluding carboxylic acids is 2. The normalized spacial score (nSPS) is 12.0. The number of aliphatic hydroxyl groups excluding tert-OH is 1. The average Bonchev–Trinajstić information content (AvgIpc) is 2.50. The van der Waals surface area contributed by atoms with Crippen molar-refractivity contribution in [2.75, 3.05) is 25.4 Å². The van der Waals surface area contributed by atoms with Crippen molar-refractivity contribution in [3.63, 3.8) is 0 Å². The molecule has 5 N–H and O–H groups in total. The van der Waals surface area contributed by atoms with Gasteiger partial charge in [-0.3, -0.25) is 9.59 Å². The minimum absolute atomic E-state index is 0.133. The van der Waals surface area contributed by atoms with E-state index in [2.05, 4.69) is 23.3 Å². The highest BCUT2D eigenvalue weighted by Gasteiger charge is 2.19. The standard InChI is InChI=1S/C15H31N3O3S/c16-9-4-3-7-13(18-14(20)8-12-22)15(21)17-10-5-1-2-6-11-19/h13,19,22H,1-12,16H2,(H,17,21)(H,18,20). The molecular formula is C15H31N3O3S. The number of hydrogen-bond acceptors (Lipinski definition) is 5. The number of carbonyl (C=O) groups is 2. The molecule has 0 aliphatic rings. The summed E-state index contributed by atoms with van der Waals surface area (Å²) in [5.74, 6) is 0.186. The maximum atomic E-state index is 12.1. The molecule has 0 fully saturated rings. The van der Waals surface area contributed by atoms with Gasteiger partial charge in [0.1, 0.15) is 6.04 Å². The second-order valence-corrected chi connectivity index (χ2v) is 5.75. The number of thiol groups is 1. The maximum Gasteiger partial charge on any atom is 0.242 e. The topological polar surface area (TPSA) is 104 Å². The van der Waals surface area contributed by atoms with Crippen molar-refractivity contribution in [2.24, 2.45) is 5.73 Å². The molecule has 0 saturated heterocycles. The second kappa shape index (κ2) is 15.1. The van der Waals surface area contributed by atoms with E-state index in [0.717, 1.165) is 38.5 Å². The molecule has 130 valence electrons. The summed E-state index contributed by atoms with van der Waals surface area (Å²) in [6, 6.07) is -0.489. The SMILES string of the molecule is NCCCCC(NC(=O)CCS)C(=O)NCCCCCCO. The molecule has 7 heteroatoms. The zero-order chi connectivity index (χ0) is 16.6. The summed E-state index contributed by atoms with van der Waals surface area (Å²) in [4.78, 5) is 23.8. The van der Waals surface area contributed by atoms with E-state index in [1.54, 1.807) is 0 Å². The van der Waals surface area contributed by atoms with Crippen LogP contribution in [-0.2, 0) is 9.59 Å². The minimum Gasteiger partial charge on any atom is -0.396 e. The summed E-state index contributed by atoms with van der Waals surface area (Å²) in [7, 11) is 0. The van der Waals surface area contributed by atoms with Gasteiger partial charge in [0.2, 0.25) is 11.8 Å². The molecule has 6 nitrogen and oxygen atoms in total. The molecule has 0 rings (SSSR count). The number of unbranched alkanes of at least 4 members (excludes halogenated alkanes) is 4. The molecule has 22 heavy (non-hydrogen) atoms. The Hall–Kier alpha value is -0.790. The van der Waals surface area contributed by atoms with Gasteiger partial charge < -0.3 is 21.5 Å². The number of aliphatic hydroxyl groups is 1. The summed E-state index contributed by atoms with van der Waals surface area (Å²) in [6.07, 6.45) is 6.19. The van der Waals surface area contributed by atoms with E-state index in [4.69, 9.17) is 10.8 Å². The van der Waals surface area contributed by atoms with E-state index in [1.807, 2.05) is 0 Å². The van der Waals surface area contributed by atoms with E-state index in [0.29, 0.717) is 31.7 Å². The van der Waals surface area contributed by atoms with Crippen LogP contribution in [0, 0.1) is 0 Å². The molecular weight excluding hydrogens is 302 g/mol. The van der Waals surface area contributed by atoms with Crippen LogP contribution in [0.4, 0.5) is 0 Å². The Balaban J connectivity index is 4.09. The lowest BCUT2D eigenvalue weighted by Gasteiger charge is -2.18. The molecule has 0 bridgehead atoms. The van der Waals surface area contributed by atoms with Crippen molar-refractivity contribution in [3.05, 3.63) is 0 Å². The molecule has 0 aromatic rings. The lowest BCUT2D eigenvalue weighted by Crippen LogP contribution is -2.47. The molecule has 0 radical (unpaired) electrons. The molecule has 2 amide bonds. The zero-order valence-electron chi connectivity index (χ0n) is 13.4. The largest absolute Gasteiger partial charge is 0.396 e. The van der Waals surface area contributed by atoms with E-state index < -0.39 is 6.04 Å². The average molecular weight is 333 g/mol. The van der Waals surface area contributed by atoms with Crippen LogP contribution >= 0.6 is 12.6 Å². The van der Waals surface area contributed by atoms with E-state index in [-0.39, 0.29) is 18.4 Å². The Morgan fingerprint density at radius 1 is 1.09 bits per heavy atom. The van der Waals surface area contributed by atoms with Crippen LogP contribution in [0.5, 0.6) is 0 Å². The quantitative estimate of drug-likeness (QED) is 0.237. The molecule has 0 aliphatic heterocycles. The van der Waals surface area contributed by atoms with Crippen molar-refractivity contribution in [3.8, 4) is 0 Å². The first-order valence-corrected chi connectivity index (χ1v) is 8.77. The van der Waals surface area contributed by atoms with Crippen molar-refractivity contribution >= 4 is 24.4 Å². The van der Waals surface area contributed by atoms with Crippen molar-refractivity contribution in [1.82, 2.24) is 10.6 Å². The van der Waals surface area contributed by atoms with Crippen molar-refractivity contribution in [2.45, 2.75) is 57.4 Å². The third-order valence-electron chi connectivity index (χ3n) is 3.32. The molecule has 0 aliphatic carbocycles. The van der Waals surface area contributed by atoms with Crippen LogP contribution in [0.15, 0.2) is 0 Å². The van der Waals surface area contributed by atoms with Gasteiger partial charge in [-0.1, -0.05) is 12.8 Å². The Morgan fingerprint density at radius 3 is 2.45 bits per heavy atom. The highest BCUT2D eigenvalue weighted by molar-refractivity contribution is 7.80. The van der Waals surface area contributed by atoms with E-state index >= 15 is 0 Å². The van der Waals surface area contributed by atoms with Crippen LogP contribution in [0.3, 0.4) is 0 Å². The molecule has 0 spiro atoms. The Morgan fingerprint density at radius 2 is 1.82 bits per heavy atom. The molecule has 1 unspecified atom stereocenters. The minimum atomic E-state index is -0.489. The predicted molar refractivity (Wildman–Crippen MR) is 91.9 cm³/mol. The number of rotatable bonds is 14. The van der Waals surface area contributed by atoms with Gasteiger partial charge in [-0.05, 0) is 44.4 Å². The predicted octanol–water partition coefficient (Wildman–Crippen LogP) is 0.589. The van der Waals surface area contributed by atoms with Crippen molar-refractivity contribution < 1.29 is 14.7 Å². The maximum absolute atomic E-state index is 12.1. The Kier molecular flexibility index (Phi) is 14.6. The monoisotopic (exact) mass is 333 g/mol. The fraction of sp³-hybridized carbons (Fsp3) is 0.867. The van der Waals surface area contributed by atoms with Gasteiger partial charge in [-0.2, -0.15) is 12.6 Å². The number of nitrogens with two attached hydrogens (primary N) is 1. The van der Waals surface area contributed by atoms with Crippen LogP contribution in [0.25, 0.3) is 0 Å². The van der Waals surface area contributed by atoms with E-state index in [9.17, 15) is 9.59 Å². The first-order chi connectivity index (χ1) is 10.7. The lowest BCUT2D eigenvalue weighted by atomic mass is 10.1. The Labute approximate surface area is 139 Å². The van der Waals surface area contributed by atoms with Crippen LogP contribution < -0.4 is 16.4 Å². The van der Waals surface area contributed by atoms with Gasteiger partial charge in [0, 0.05) is 19.6 Å². The third-order valence-corrected chi connectivity index (χ3v) is 3.55. The summed E-state index contributed by atoms with van der Waals surface area (Å²) in [6.45, 7) is 1.40. The summed E-state index contributed by atoms with van der Waals surface area (Å²) in [5.41, 5.74) is 5.46. The number of amides is 2. The van der Waals surface area contributed by atoms with Gasteiger partial charge in [0.05, 0.1) is 0 Å². The fourth-order valence-corrected chi connectivity index (χ4v) is 2.26. The van der Waals surface area contributed by atoms with Gasteiger partial charge in [-0.25, -0.2) is 0 Å². The van der Waals surface area contributed by atoms with Crippen LogP contribution in [0.1, 0.15) is 51.4 Å². The summed E-state index contributed by atoms with van der Waals surface area (Å²) >= 11 is 4.02. The van der Waals surface area contributed by atoms with Gasteiger partial charge >= 0.3 is 0 Å². The summed E-state index contributed by atoms with van der Waals surface area (Å²) < 4.78 is 0. The number of hydrogen-bond donors (Lipinski definition) is 5. The van der Waals surface area contributed by atoms with Crippen LogP contribution in [-0.4, -0.2) is 48.4 Å². The van der Waals surface area contributed by atoms with Crippen LogP contribution in [0.2, 0.25) is 0 Å². The highest BCUT2D eigenvalue weighted by atomic mass is 32.1. The first kappa shape index (κ1) is 21.2. The molecule has 0 heterocycles. The van der Waals surface area contributed by atoms with Gasteiger partial charge in [-0.15, -0.1) is 0 Å². The molecule has 0 saturated carbocycles. The molecule has 1 atom stereocenters. The molecule has 0 aromatic heterocycles. The highest BCUT2D eigenvalue weighted by Crippen LogP contribution is 2.03. The van der Waals surface area contributed by atoms with E-state index in [1.165, 1.54) is 0 Å². The molecule has 0 aromatic carbocycles. The van der Waals surface area contributed by atoms with Crippen molar-refractivity contribution in [1.29, 1.82) is 0 Å². The third kappa shape index (κ3) is 11.8.